The van der Waals surface area contributed by atoms with Crippen LogP contribution in [0.1, 0.15) is 17.5 Å². The van der Waals surface area contributed by atoms with Gasteiger partial charge in [-0.05, 0) is 24.0 Å². The quantitative estimate of drug-likeness (QED) is 0.873. The van der Waals surface area contributed by atoms with E-state index in [0.29, 0.717) is 0 Å². The van der Waals surface area contributed by atoms with Crippen LogP contribution >= 0.6 is 0 Å². The smallest absolute Gasteiger partial charge is 0.305 e. The Kier molecular flexibility index (Phi) is 3.65. The summed E-state index contributed by atoms with van der Waals surface area (Å²) in [5.74, 6) is -0.849. The van der Waals surface area contributed by atoms with Gasteiger partial charge < -0.3 is 10.0 Å². The van der Waals surface area contributed by atoms with Gasteiger partial charge in [-0.1, -0.05) is 24.3 Å². The van der Waals surface area contributed by atoms with Crippen molar-refractivity contribution in [1.29, 1.82) is 0 Å². The Hall–Kier alpha value is -1.84. The largest absolute Gasteiger partial charge is 0.481 e. The van der Waals surface area contributed by atoms with Crippen LogP contribution < -0.4 is 0 Å². The zero-order valence-corrected chi connectivity index (χ0v) is 10.4. The van der Waals surface area contributed by atoms with E-state index >= 15 is 0 Å². The highest BCUT2D eigenvalue weighted by Crippen LogP contribution is 2.27. The Morgan fingerprint density at radius 2 is 1.83 bits per heavy atom. The number of nitrogens with zero attached hydrogens (tertiary/aromatic N) is 1. The number of aliphatic carboxylic acids is 1. The molecule has 4 heteroatoms. The second kappa shape index (κ2) is 5.21. The fourth-order valence-electron chi connectivity index (χ4n) is 2.42. The molecule has 1 amide bonds. The number of rotatable bonds is 4. The lowest BCUT2D eigenvalue weighted by atomic mass is 10.0. The van der Waals surface area contributed by atoms with E-state index in [9.17, 15) is 9.59 Å². The molecule has 0 aromatic heterocycles. The molecule has 0 bridgehead atoms. The molecule has 0 unspecified atom stereocenters. The lowest BCUT2D eigenvalue weighted by Gasteiger charge is -2.20. The third-order valence-electron chi connectivity index (χ3n) is 3.44. The number of carbonyl (C=O) groups is 2. The standard InChI is InChI=1S/C14H17NO3/c1-15(7-6-13(16)17)14(18)12-8-10-4-2-3-5-11(10)9-12/h2-5,12H,6-9H2,1H3,(H,16,17). The minimum Gasteiger partial charge on any atom is -0.481 e. The molecule has 0 fully saturated rings. The summed E-state index contributed by atoms with van der Waals surface area (Å²) in [7, 11) is 1.67. The predicted molar refractivity (Wildman–Crippen MR) is 67.2 cm³/mol. The molecular weight excluding hydrogens is 230 g/mol. The van der Waals surface area contributed by atoms with Crippen molar-refractivity contribution in [2.45, 2.75) is 19.3 Å². The molecule has 96 valence electrons. The molecule has 1 aromatic carbocycles. The summed E-state index contributed by atoms with van der Waals surface area (Å²) >= 11 is 0. The van der Waals surface area contributed by atoms with Gasteiger partial charge in [-0.3, -0.25) is 9.59 Å². The molecule has 0 aliphatic heterocycles. The molecule has 0 spiro atoms. The monoisotopic (exact) mass is 247 g/mol. The van der Waals surface area contributed by atoms with Crippen molar-refractivity contribution in [3.05, 3.63) is 35.4 Å². The SMILES string of the molecule is CN(CCC(=O)O)C(=O)C1Cc2ccccc2C1. The van der Waals surface area contributed by atoms with Gasteiger partial charge in [0.1, 0.15) is 0 Å². The van der Waals surface area contributed by atoms with Gasteiger partial charge in [0.15, 0.2) is 0 Å². The molecule has 18 heavy (non-hydrogen) atoms. The van der Waals surface area contributed by atoms with Crippen molar-refractivity contribution >= 4 is 11.9 Å². The number of carboxylic acids is 1. The normalized spacial score (nSPS) is 14.3. The minimum absolute atomic E-state index is 0.00189. The van der Waals surface area contributed by atoms with Crippen molar-refractivity contribution in [3.8, 4) is 0 Å². The molecule has 1 aliphatic carbocycles. The van der Waals surface area contributed by atoms with Crippen LogP contribution in [-0.2, 0) is 22.4 Å². The Morgan fingerprint density at radius 1 is 1.28 bits per heavy atom. The van der Waals surface area contributed by atoms with E-state index in [1.807, 2.05) is 12.1 Å². The summed E-state index contributed by atoms with van der Waals surface area (Å²) in [5, 5.41) is 8.61. The third kappa shape index (κ3) is 2.70. The number of hydrogen-bond donors (Lipinski definition) is 1. The van der Waals surface area contributed by atoms with Crippen molar-refractivity contribution in [3.63, 3.8) is 0 Å². The van der Waals surface area contributed by atoms with E-state index in [1.54, 1.807) is 7.05 Å². The summed E-state index contributed by atoms with van der Waals surface area (Å²) in [4.78, 5) is 24.2. The van der Waals surface area contributed by atoms with Gasteiger partial charge >= 0.3 is 5.97 Å². The fraction of sp³-hybridized carbons (Fsp3) is 0.429. The molecule has 1 aliphatic rings. The van der Waals surface area contributed by atoms with E-state index < -0.39 is 5.97 Å². The molecule has 2 rings (SSSR count). The van der Waals surface area contributed by atoms with Crippen molar-refractivity contribution in [2.24, 2.45) is 5.92 Å². The van der Waals surface area contributed by atoms with Crippen LogP contribution in [-0.4, -0.2) is 35.5 Å². The van der Waals surface area contributed by atoms with Crippen LogP contribution in [0.5, 0.6) is 0 Å². The first-order valence-corrected chi connectivity index (χ1v) is 6.11. The first kappa shape index (κ1) is 12.6. The average Bonchev–Trinajstić information content (AvgIpc) is 2.78. The topological polar surface area (TPSA) is 57.6 Å². The molecule has 0 atom stereocenters. The third-order valence-corrected chi connectivity index (χ3v) is 3.44. The van der Waals surface area contributed by atoms with E-state index in [2.05, 4.69) is 12.1 Å². The van der Waals surface area contributed by atoms with Crippen LogP contribution in [0.3, 0.4) is 0 Å². The Morgan fingerprint density at radius 3 is 2.33 bits per heavy atom. The highest BCUT2D eigenvalue weighted by molar-refractivity contribution is 5.80. The Bertz CT molecular complexity index is 445. The average molecular weight is 247 g/mol. The van der Waals surface area contributed by atoms with Gasteiger partial charge in [0.05, 0.1) is 6.42 Å². The van der Waals surface area contributed by atoms with E-state index in [0.717, 1.165) is 12.8 Å². The highest BCUT2D eigenvalue weighted by Gasteiger charge is 2.29. The molecule has 4 nitrogen and oxygen atoms in total. The number of carbonyl (C=O) groups excluding carboxylic acids is 1. The fourth-order valence-corrected chi connectivity index (χ4v) is 2.42. The zero-order valence-electron chi connectivity index (χ0n) is 10.4. The number of carboxylic acid groups (broad SMARTS) is 1. The summed E-state index contributed by atoms with van der Waals surface area (Å²) in [6.07, 6.45) is 1.54. The van der Waals surface area contributed by atoms with Crippen LogP contribution in [0.25, 0.3) is 0 Å². The first-order chi connectivity index (χ1) is 8.58. The van der Waals surface area contributed by atoms with Crippen molar-refractivity contribution in [1.82, 2.24) is 4.90 Å². The van der Waals surface area contributed by atoms with Crippen molar-refractivity contribution in [2.75, 3.05) is 13.6 Å². The molecule has 1 N–H and O–H groups in total. The maximum absolute atomic E-state index is 12.2. The van der Waals surface area contributed by atoms with Crippen molar-refractivity contribution < 1.29 is 14.7 Å². The number of fused-ring (bicyclic) bond motifs is 1. The molecule has 1 aromatic rings. The number of benzene rings is 1. The summed E-state index contributed by atoms with van der Waals surface area (Å²) in [6.45, 7) is 0.279. The van der Waals surface area contributed by atoms with Gasteiger partial charge in [0.25, 0.3) is 0 Å². The maximum Gasteiger partial charge on any atom is 0.305 e. The Balaban J connectivity index is 1.94. The van der Waals surface area contributed by atoms with Gasteiger partial charge in [-0.25, -0.2) is 0 Å². The molecule has 0 heterocycles. The lowest BCUT2D eigenvalue weighted by Crippen LogP contribution is -2.34. The van der Waals surface area contributed by atoms with E-state index in [-0.39, 0.29) is 24.8 Å². The van der Waals surface area contributed by atoms with Gasteiger partial charge in [-0.15, -0.1) is 0 Å². The Labute approximate surface area is 106 Å². The summed E-state index contributed by atoms with van der Waals surface area (Å²) < 4.78 is 0. The number of hydrogen-bond acceptors (Lipinski definition) is 2. The van der Waals surface area contributed by atoms with Gasteiger partial charge in [-0.2, -0.15) is 0 Å². The lowest BCUT2D eigenvalue weighted by molar-refractivity contribution is -0.139. The van der Waals surface area contributed by atoms with Gasteiger partial charge in [0, 0.05) is 19.5 Å². The molecular formula is C14H17NO3. The first-order valence-electron chi connectivity index (χ1n) is 6.11. The van der Waals surface area contributed by atoms with Crippen LogP contribution in [0.15, 0.2) is 24.3 Å². The predicted octanol–water partition coefficient (Wildman–Crippen LogP) is 1.33. The highest BCUT2D eigenvalue weighted by atomic mass is 16.4. The molecule has 0 saturated heterocycles. The maximum atomic E-state index is 12.2. The minimum atomic E-state index is -0.871. The van der Waals surface area contributed by atoms with E-state index in [1.165, 1.54) is 16.0 Å². The van der Waals surface area contributed by atoms with Gasteiger partial charge in [0.2, 0.25) is 5.91 Å². The zero-order chi connectivity index (χ0) is 13.1. The van der Waals surface area contributed by atoms with Crippen LogP contribution in [0.2, 0.25) is 0 Å². The summed E-state index contributed by atoms with van der Waals surface area (Å²) in [5.41, 5.74) is 2.48. The van der Waals surface area contributed by atoms with E-state index in [4.69, 9.17) is 5.11 Å². The molecule has 0 saturated carbocycles. The number of amides is 1. The summed E-state index contributed by atoms with van der Waals surface area (Å²) in [6, 6.07) is 8.08. The second-order valence-electron chi connectivity index (χ2n) is 4.78. The van der Waals surface area contributed by atoms with Crippen LogP contribution in [0, 0.1) is 5.92 Å². The second-order valence-corrected chi connectivity index (χ2v) is 4.78. The molecule has 0 radical (unpaired) electrons. The van der Waals surface area contributed by atoms with Crippen LogP contribution in [0.4, 0.5) is 0 Å².